The van der Waals surface area contributed by atoms with Crippen molar-refractivity contribution in [3.05, 3.63) is 70.8 Å². The summed E-state index contributed by atoms with van der Waals surface area (Å²) < 4.78 is 47.8. The van der Waals surface area contributed by atoms with Gasteiger partial charge in [-0.25, -0.2) is 4.68 Å². The number of alkyl halides is 3. The maximum absolute atomic E-state index is 13.9. The Kier molecular flexibility index (Phi) is 6.03. The molecule has 2 aromatic heterocycles. The summed E-state index contributed by atoms with van der Waals surface area (Å²) in [5, 5.41) is 6.91. The van der Waals surface area contributed by atoms with Crippen molar-refractivity contribution in [2.45, 2.75) is 31.2 Å². The van der Waals surface area contributed by atoms with E-state index < -0.39 is 24.2 Å². The van der Waals surface area contributed by atoms with E-state index in [4.69, 9.17) is 16.0 Å². The number of carbonyl (C=O) groups excluding carboxylic acids is 1. The number of aromatic nitrogens is 2. The summed E-state index contributed by atoms with van der Waals surface area (Å²) >= 11 is 6.43. The Morgan fingerprint density at radius 1 is 1.12 bits per heavy atom. The Hall–Kier alpha value is -2.98. The van der Waals surface area contributed by atoms with Crippen LogP contribution in [0.15, 0.2) is 53.1 Å². The van der Waals surface area contributed by atoms with Crippen LogP contribution in [0.5, 0.6) is 0 Å². The minimum absolute atomic E-state index is 0.0253. The number of amides is 1. The van der Waals surface area contributed by atoms with Crippen LogP contribution in [0.3, 0.4) is 0 Å². The number of piperazine rings is 1. The predicted octanol–water partition coefficient (Wildman–Crippen LogP) is 4.75. The van der Waals surface area contributed by atoms with Crippen molar-refractivity contribution in [1.82, 2.24) is 19.6 Å². The fraction of sp³-hybridized carbons (Fsp3) is 0.391. The lowest BCUT2D eigenvalue weighted by atomic mass is 10.0. The fourth-order valence-electron chi connectivity index (χ4n) is 4.50. The van der Waals surface area contributed by atoms with Crippen LogP contribution in [0.25, 0.3) is 0 Å². The number of nitrogens with one attached hydrogen (secondary N) is 1. The number of halogens is 4. The quantitative estimate of drug-likeness (QED) is 0.568. The molecule has 2 aliphatic rings. The van der Waals surface area contributed by atoms with E-state index in [-0.39, 0.29) is 23.0 Å². The normalized spacial score (nSPS) is 21.2. The van der Waals surface area contributed by atoms with E-state index >= 15 is 0 Å². The molecule has 0 spiro atoms. The van der Waals surface area contributed by atoms with Crippen LogP contribution in [-0.4, -0.2) is 57.8 Å². The summed E-state index contributed by atoms with van der Waals surface area (Å²) in [5.41, 5.74) is 1.01. The van der Waals surface area contributed by atoms with E-state index in [0.717, 1.165) is 11.2 Å². The number of carbonyl (C=O) groups is 1. The molecule has 3 aromatic rings. The average Bonchev–Trinajstić information content (AvgIpc) is 3.47. The van der Waals surface area contributed by atoms with E-state index in [9.17, 15) is 18.0 Å². The zero-order valence-electron chi connectivity index (χ0n) is 18.1. The highest BCUT2D eigenvalue weighted by Gasteiger charge is 2.48. The van der Waals surface area contributed by atoms with Crippen molar-refractivity contribution in [1.29, 1.82) is 0 Å². The third kappa shape index (κ3) is 4.39. The summed E-state index contributed by atoms with van der Waals surface area (Å²) in [6.45, 7) is 2.95. The topological polar surface area (TPSA) is 66.5 Å². The minimum Gasteiger partial charge on any atom is -0.467 e. The van der Waals surface area contributed by atoms with Gasteiger partial charge in [-0.15, -0.1) is 0 Å². The van der Waals surface area contributed by atoms with Gasteiger partial charge in [0.2, 0.25) is 0 Å². The molecule has 1 saturated heterocycles. The van der Waals surface area contributed by atoms with Gasteiger partial charge in [-0.3, -0.25) is 9.69 Å². The number of anilines is 1. The second-order valence-electron chi connectivity index (χ2n) is 8.52. The van der Waals surface area contributed by atoms with Gasteiger partial charge >= 0.3 is 6.18 Å². The number of fused-ring (bicyclic) bond motifs is 1. The molecule has 1 fully saturated rings. The van der Waals surface area contributed by atoms with Gasteiger partial charge in [0.15, 0.2) is 11.7 Å². The Bertz CT molecular complexity index is 1140. The standard InChI is InChI=1S/C23H23ClF3N5O2/c24-19-20(22(33)31-10-8-30(9-11-31)14-15-5-2-1-3-6-15)29-32-18(23(25,26)27)13-16(28-21(19)32)17-7-4-12-34-17/h1-7,12,16,18,28H,8-11,13-14H2/t16-,18-/m0/s1. The Morgan fingerprint density at radius 3 is 2.50 bits per heavy atom. The SMILES string of the molecule is O=C(c1nn2c(c1Cl)N[C@H](c1ccco1)C[C@H]2C(F)(F)F)N1CCN(Cc2ccccc2)CC1. The molecule has 0 saturated carbocycles. The lowest BCUT2D eigenvalue weighted by molar-refractivity contribution is -0.174. The molecule has 7 nitrogen and oxygen atoms in total. The molecular formula is C23H23ClF3N5O2. The van der Waals surface area contributed by atoms with Crippen molar-refractivity contribution >= 4 is 23.3 Å². The minimum atomic E-state index is -4.57. The highest BCUT2D eigenvalue weighted by atomic mass is 35.5. The molecule has 0 aliphatic carbocycles. The van der Waals surface area contributed by atoms with Crippen LogP contribution >= 0.6 is 11.6 Å². The van der Waals surface area contributed by atoms with Crippen molar-refractivity contribution in [2.75, 3.05) is 31.5 Å². The summed E-state index contributed by atoms with van der Waals surface area (Å²) in [6, 6.07) is 10.6. The van der Waals surface area contributed by atoms with E-state index in [1.807, 2.05) is 30.3 Å². The molecule has 34 heavy (non-hydrogen) atoms. The second kappa shape index (κ2) is 8.99. The molecule has 11 heteroatoms. The first kappa shape index (κ1) is 22.8. The van der Waals surface area contributed by atoms with E-state index in [0.29, 0.717) is 31.9 Å². The number of hydrogen-bond acceptors (Lipinski definition) is 5. The third-order valence-corrected chi connectivity index (χ3v) is 6.65. The Balaban J connectivity index is 1.34. The molecule has 0 unspecified atom stereocenters. The van der Waals surface area contributed by atoms with Gasteiger partial charge in [0.25, 0.3) is 5.91 Å². The lowest BCUT2D eigenvalue weighted by Gasteiger charge is -2.34. The fourth-order valence-corrected chi connectivity index (χ4v) is 4.76. The first-order valence-corrected chi connectivity index (χ1v) is 11.4. The van der Waals surface area contributed by atoms with E-state index in [2.05, 4.69) is 15.3 Å². The lowest BCUT2D eigenvalue weighted by Crippen LogP contribution is -2.48. The molecule has 180 valence electrons. The molecule has 0 radical (unpaired) electrons. The maximum atomic E-state index is 13.9. The van der Waals surface area contributed by atoms with Crippen molar-refractivity contribution in [2.24, 2.45) is 0 Å². The maximum Gasteiger partial charge on any atom is 0.410 e. The highest BCUT2D eigenvalue weighted by molar-refractivity contribution is 6.36. The van der Waals surface area contributed by atoms with Crippen molar-refractivity contribution in [3.63, 3.8) is 0 Å². The first-order valence-electron chi connectivity index (χ1n) is 11.0. The Morgan fingerprint density at radius 2 is 1.85 bits per heavy atom. The summed E-state index contributed by atoms with van der Waals surface area (Å²) in [4.78, 5) is 17.0. The van der Waals surface area contributed by atoms with Gasteiger partial charge in [0.1, 0.15) is 16.6 Å². The van der Waals surface area contributed by atoms with Crippen LogP contribution < -0.4 is 5.32 Å². The zero-order chi connectivity index (χ0) is 23.9. The molecule has 2 aliphatic heterocycles. The summed E-state index contributed by atoms with van der Waals surface area (Å²) in [6.07, 6.45) is -3.49. The van der Waals surface area contributed by atoms with Crippen LogP contribution in [0.1, 0.15) is 40.3 Å². The highest BCUT2D eigenvalue weighted by Crippen LogP contribution is 2.46. The second-order valence-corrected chi connectivity index (χ2v) is 8.89. The zero-order valence-corrected chi connectivity index (χ0v) is 18.9. The smallest absolute Gasteiger partial charge is 0.410 e. The molecule has 1 amide bonds. The number of benzene rings is 1. The Labute approximate surface area is 199 Å². The van der Waals surface area contributed by atoms with Gasteiger partial charge in [-0.05, 0) is 17.7 Å². The number of furan rings is 1. The van der Waals surface area contributed by atoms with Gasteiger partial charge in [0, 0.05) is 39.1 Å². The number of rotatable bonds is 4. The van der Waals surface area contributed by atoms with Gasteiger partial charge in [-0.1, -0.05) is 41.9 Å². The van der Waals surface area contributed by atoms with E-state index in [1.54, 1.807) is 17.0 Å². The summed E-state index contributed by atoms with van der Waals surface area (Å²) in [5.74, 6) is -0.133. The van der Waals surface area contributed by atoms with Crippen molar-refractivity contribution in [3.8, 4) is 0 Å². The first-order chi connectivity index (χ1) is 16.3. The molecule has 4 heterocycles. The molecular weight excluding hydrogens is 471 g/mol. The molecule has 1 N–H and O–H groups in total. The van der Waals surface area contributed by atoms with Crippen LogP contribution in [0.4, 0.5) is 19.0 Å². The van der Waals surface area contributed by atoms with Crippen LogP contribution in [0.2, 0.25) is 5.02 Å². The number of hydrogen-bond donors (Lipinski definition) is 1. The van der Waals surface area contributed by atoms with Gasteiger partial charge in [-0.2, -0.15) is 18.3 Å². The van der Waals surface area contributed by atoms with Crippen LogP contribution in [0, 0.1) is 0 Å². The van der Waals surface area contributed by atoms with Crippen molar-refractivity contribution < 1.29 is 22.4 Å². The van der Waals surface area contributed by atoms with Gasteiger partial charge < -0.3 is 14.6 Å². The molecule has 1 aromatic carbocycles. The average molecular weight is 494 g/mol. The molecule has 5 rings (SSSR count). The monoisotopic (exact) mass is 493 g/mol. The van der Waals surface area contributed by atoms with Gasteiger partial charge in [0.05, 0.1) is 12.3 Å². The predicted molar refractivity (Wildman–Crippen MR) is 120 cm³/mol. The summed E-state index contributed by atoms with van der Waals surface area (Å²) in [7, 11) is 0. The molecule has 0 bridgehead atoms. The number of nitrogens with zero attached hydrogens (tertiary/aromatic N) is 4. The van der Waals surface area contributed by atoms with Crippen LogP contribution in [-0.2, 0) is 6.54 Å². The largest absolute Gasteiger partial charge is 0.467 e. The van der Waals surface area contributed by atoms with E-state index in [1.165, 1.54) is 11.8 Å². The third-order valence-electron chi connectivity index (χ3n) is 6.29. The molecule has 2 atom stereocenters.